The molecule has 2 bridgehead atoms. The van der Waals surface area contributed by atoms with Crippen LogP contribution in [0, 0.1) is 35.5 Å². The average molecular weight is 236 g/mol. The first-order valence-corrected chi connectivity index (χ1v) is 7.33. The van der Waals surface area contributed by atoms with Gasteiger partial charge in [-0.1, -0.05) is 13.8 Å². The topological polar surface area (TPSA) is 26.3 Å². The SMILES string of the molecule is CC1C2CC(CCC3CCOC3=O)C(C2)C1C. The van der Waals surface area contributed by atoms with Crippen molar-refractivity contribution in [2.45, 2.75) is 46.0 Å². The van der Waals surface area contributed by atoms with Gasteiger partial charge in [-0.25, -0.2) is 0 Å². The van der Waals surface area contributed by atoms with Crippen molar-refractivity contribution in [3.05, 3.63) is 0 Å². The number of hydrogen-bond donors (Lipinski definition) is 0. The lowest BCUT2D eigenvalue weighted by Crippen LogP contribution is -2.25. The third-order valence-corrected chi connectivity index (χ3v) is 5.96. The van der Waals surface area contributed by atoms with E-state index < -0.39 is 0 Å². The molecule has 2 heteroatoms. The summed E-state index contributed by atoms with van der Waals surface area (Å²) in [5.74, 6) is 4.97. The molecule has 3 aliphatic rings. The van der Waals surface area contributed by atoms with E-state index in [2.05, 4.69) is 13.8 Å². The highest BCUT2D eigenvalue weighted by Gasteiger charge is 2.48. The number of rotatable bonds is 3. The van der Waals surface area contributed by atoms with Gasteiger partial charge >= 0.3 is 5.97 Å². The van der Waals surface area contributed by atoms with Crippen LogP contribution in [-0.4, -0.2) is 12.6 Å². The van der Waals surface area contributed by atoms with Gasteiger partial charge in [0.05, 0.1) is 12.5 Å². The predicted octanol–water partition coefficient (Wildman–Crippen LogP) is 3.26. The number of esters is 1. The van der Waals surface area contributed by atoms with Crippen LogP contribution in [0.3, 0.4) is 0 Å². The summed E-state index contributed by atoms with van der Waals surface area (Å²) in [5, 5.41) is 0. The Hall–Kier alpha value is -0.530. The maximum Gasteiger partial charge on any atom is 0.309 e. The van der Waals surface area contributed by atoms with Crippen molar-refractivity contribution in [1.82, 2.24) is 0 Å². The van der Waals surface area contributed by atoms with Crippen molar-refractivity contribution in [3.8, 4) is 0 Å². The van der Waals surface area contributed by atoms with Crippen LogP contribution in [0.1, 0.15) is 46.0 Å². The second kappa shape index (κ2) is 4.29. The Labute approximate surface area is 104 Å². The molecule has 1 heterocycles. The molecule has 2 nitrogen and oxygen atoms in total. The smallest absolute Gasteiger partial charge is 0.309 e. The molecule has 0 amide bonds. The number of hydrogen-bond acceptors (Lipinski definition) is 2. The summed E-state index contributed by atoms with van der Waals surface area (Å²) in [6, 6.07) is 0. The third-order valence-electron chi connectivity index (χ3n) is 5.96. The van der Waals surface area contributed by atoms with Gasteiger partial charge < -0.3 is 4.74 Å². The highest BCUT2D eigenvalue weighted by molar-refractivity contribution is 5.73. The van der Waals surface area contributed by atoms with Crippen LogP contribution in [0.5, 0.6) is 0 Å². The zero-order valence-electron chi connectivity index (χ0n) is 11.0. The lowest BCUT2D eigenvalue weighted by Gasteiger charge is -2.32. The van der Waals surface area contributed by atoms with E-state index in [0.717, 1.165) is 42.4 Å². The molecule has 0 radical (unpaired) electrons. The van der Waals surface area contributed by atoms with Gasteiger partial charge in [-0.3, -0.25) is 4.79 Å². The van der Waals surface area contributed by atoms with Crippen molar-refractivity contribution in [1.29, 1.82) is 0 Å². The molecule has 3 fully saturated rings. The van der Waals surface area contributed by atoms with E-state index in [4.69, 9.17) is 4.74 Å². The van der Waals surface area contributed by atoms with Gasteiger partial charge in [0.2, 0.25) is 0 Å². The van der Waals surface area contributed by atoms with Gasteiger partial charge in [0, 0.05) is 0 Å². The van der Waals surface area contributed by atoms with E-state index in [1.165, 1.54) is 19.3 Å². The minimum absolute atomic E-state index is 0.0644. The summed E-state index contributed by atoms with van der Waals surface area (Å²) < 4.78 is 5.04. The molecule has 0 N–H and O–H groups in total. The molecule has 96 valence electrons. The van der Waals surface area contributed by atoms with Gasteiger partial charge in [-0.2, -0.15) is 0 Å². The molecule has 6 atom stereocenters. The third kappa shape index (κ3) is 1.90. The quantitative estimate of drug-likeness (QED) is 0.703. The molecule has 6 unspecified atom stereocenters. The maximum atomic E-state index is 11.4. The summed E-state index contributed by atoms with van der Waals surface area (Å²) in [6.45, 7) is 5.53. The van der Waals surface area contributed by atoms with Gasteiger partial charge in [0.1, 0.15) is 0 Å². The Morgan fingerprint density at radius 2 is 2.00 bits per heavy atom. The van der Waals surface area contributed by atoms with E-state index in [-0.39, 0.29) is 11.9 Å². The summed E-state index contributed by atoms with van der Waals surface area (Å²) in [6.07, 6.45) is 6.19. The first kappa shape index (κ1) is 11.6. The Bertz CT molecular complexity index is 310. The van der Waals surface area contributed by atoms with Gasteiger partial charge in [-0.05, 0) is 61.7 Å². The Morgan fingerprint density at radius 1 is 1.18 bits per heavy atom. The van der Waals surface area contributed by atoms with Gasteiger partial charge in [0.25, 0.3) is 0 Å². The monoisotopic (exact) mass is 236 g/mol. The standard InChI is InChI=1S/C15H24O2/c1-9-10(2)14-8-13(9)7-12(14)4-3-11-5-6-17-15(11)16/h9-14H,3-8H2,1-2H3. The molecule has 17 heavy (non-hydrogen) atoms. The molecule has 3 rings (SSSR count). The minimum atomic E-state index is 0.0644. The first-order chi connectivity index (χ1) is 8.16. The lowest BCUT2D eigenvalue weighted by atomic mass is 9.73. The molecular weight excluding hydrogens is 212 g/mol. The molecule has 0 spiro atoms. The summed E-state index contributed by atoms with van der Waals surface area (Å²) in [4.78, 5) is 11.4. The van der Waals surface area contributed by atoms with E-state index in [0.29, 0.717) is 6.61 Å². The van der Waals surface area contributed by atoms with E-state index in [1.807, 2.05) is 0 Å². The van der Waals surface area contributed by atoms with Crippen LogP contribution in [0.2, 0.25) is 0 Å². The largest absolute Gasteiger partial charge is 0.465 e. The van der Waals surface area contributed by atoms with E-state index >= 15 is 0 Å². The second-order valence-corrected chi connectivity index (χ2v) is 6.60. The fourth-order valence-electron chi connectivity index (χ4n) is 4.64. The summed E-state index contributed by atoms with van der Waals surface area (Å²) in [5.41, 5.74) is 0. The first-order valence-electron chi connectivity index (χ1n) is 7.33. The van der Waals surface area contributed by atoms with Crippen molar-refractivity contribution in [3.63, 3.8) is 0 Å². The highest BCUT2D eigenvalue weighted by atomic mass is 16.5. The van der Waals surface area contributed by atoms with E-state index in [9.17, 15) is 4.79 Å². The van der Waals surface area contributed by atoms with Gasteiger partial charge in [-0.15, -0.1) is 0 Å². The number of cyclic esters (lactones) is 1. The molecule has 1 aliphatic heterocycles. The van der Waals surface area contributed by atoms with Crippen LogP contribution < -0.4 is 0 Å². The zero-order valence-corrected chi connectivity index (χ0v) is 11.0. The van der Waals surface area contributed by atoms with Crippen LogP contribution in [0.15, 0.2) is 0 Å². The zero-order chi connectivity index (χ0) is 12.0. The maximum absolute atomic E-state index is 11.4. The van der Waals surface area contributed by atoms with Crippen LogP contribution >= 0.6 is 0 Å². The Balaban J connectivity index is 1.52. The van der Waals surface area contributed by atoms with Crippen LogP contribution in [-0.2, 0) is 9.53 Å². The molecule has 1 saturated heterocycles. The normalized spacial score (nSPS) is 48.7. The van der Waals surface area contributed by atoms with Crippen molar-refractivity contribution < 1.29 is 9.53 Å². The summed E-state index contributed by atoms with van der Waals surface area (Å²) in [7, 11) is 0. The Kier molecular flexibility index (Phi) is 2.92. The average Bonchev–Trinajstić information content (AvgIpc) is 2.96. The summed E-state index contributed by atoms with van der Waals surface area (Å²) >= 11 is 0. The Morgan fingerprint density at radius 3 is 2.59 bits per heavy atom. The lowest BCUT2D eigenvalue weighted by molar-refractivity contribution is -0.141. The van der Waals surface area contributed by atoms with Crippen molar-refractivity contribution >= 4 is 5.97 Å². The fourth-order valence-corrected chi connectivity index (χ4v) is 4.64. The minimum Gasteiger partial charge on any atom is -0.465 e. The second-order valence-electron chi connectivity index (χ2n) is 6.60. The molecular formula is C15H24O2. The van der Waals surface area contributed by atoms with E-state index in [1.54, 1.807) is 0 Å². The number of carbonyl (C=O) groups excluding carboxylic acids is 1. The number of fused-ring (bicyclic) bond motifs is 2. The van der Waals surface area contributed by atoms with Crippen LogP contribution in [0.4, 0.5) is 0 Å². The highest BCUT2D eigenvalue weighted by Crippen LogP contribution is 2.56. The molecule has 2 aliphatic carbocycles. The fraction of sp³-hybridized carbons (Fsp3) is 0.933. The van der Waals surface area contributed by atoms with Crippen LogP contribution in [0.25, 0.3) is 0 Å². The number of carbonyl (C=O) groups is 1. The predicted molar refractivity (Wildman–Crippen MR) is 66.3 cm³/mol. The molecule has 0 aromatic heterocycles. The number of ether oxygens (including phenoxy) is 1. The molecule has 0 aromatic rings. The van der Waals surface area contributed by atoms with Gasteiger partial charge in [0.15, 0.2) is 0 Å². The molecule has 0 aromatic carbocycles. The van der Waals surface area contributed by atoms with Crippen molar-refractivity contribution in [2.75, 3.05) is 6.61 Å². The van der Waals surface area contributed by atoms with Crippen molar-refractivity contribution in [2.24, 2.45) is 35.5 Å². The molecule has 2 saturated carbocycles.